The number of hydrogen-bond acceptors (Lipinski definition) is 8. The van der Waals surface area contributed by atoms with Crippen molar-refractivity contribution in [3.05, 3.63) is 69.9 Å². The van der Waals surface area contributed by atoms with Crippen molar-refractivity contribution in [2.45, 2.75) is 64.4 Å². The van der Waals surface area contributed by atoms with Crippen LogP contribution in [-0.4, -0.2) is 36.7 Å². The van der Waals surface area contributed by atoms with Crippen LogP contribution in [0.3, 0.4) is 0 Å². The molecule has 1 unspecified atom stereocenters. The molecule has 0 spiro atoms. The number of rotatable bonds is 8. The zero-order valence-corrected chi connectivity index (χ0v) is 24.0. The quantitative estimate of drug-likeness (QED) is 0.428. The molecule has 3 aromatic rings. The fourth-order valence-corrected chi connectivity index (χ4v) is 7.12. The van der Waals surface area contributed by atoms with Crippen LogP contribution in [0.5, 0.6) is 5.75 Å². The fraction of sp³-hybridized carbons (Fsp3) is 0.370. The molecule has 38 heavy (non-hydrogen) atoms. The standard InChI is InChI=1S/C27H32N4O5S2/c1-7-36-23-10-8-9-22-21(23)15-31(14-20-17(3)11-16(2)12-18(20)4)27(22,6)25(33)30-38(34,35)24-13-28-26(37-24)29-19(5)32/h8-13H,7,14-15H2,1-6H3,(H,30,33)(H,28,29,32). The second kappa shape index (κ2) is 10.5. The molecule has 1 aliphatic rings. The third-order valence-electron chi connectivity index (χ3n) is 6.83. The van der Waals surface area contributed by atoms with Crippen molar-refractivity contribution in [3.8, 4) is 5.75 Å². The molecule has 9 nitrogen and oxygen atoms in total. The number of hydrogen-bond donors (Lipinski definition) is 2. The Morgan fingerprint density at radius 2 is 1.87 bits per heavy atom. The van der Waals surface area contributed by atoms with Crippen molar-refractivity contribution >= 4 is 38.3 Å². The maximum atomic E-state index is 13.9. The monoisotopic (exact) mass is 556 g/mol. The number of sulfonamides is 1. The third-order valence-corrected chi connectivity index (χ3v) is 9.53. The number of benzene rings is 2. The van der Waals surface area contributed by atoms with Gasteiger partial charge in [0.2, 0.25) is 5.91 Å². The van der Waals surface area contributed by atoms with Crippen molar-refractivity contribution in [2.75, 3.05) is 11.9 Å². The molecular weight excluding hydrogens is 524 g/mol. The van der Waals surface area contributed by atoms with Gasteiger partial charge in [0.15, 0.2) is 9.34 Å². The maximum Gasteiger partial charge on any atom is 0.275 e. The first-order chi connectivity index (χ1) is 17.9. The third kappa shape index (κ3) is 5.18. The van der Waals surface area contributed by atoms with E-state index in [1.807, 2.05) is 50.8 Å². The van der Waals surface area contributed by atoms with Crippen molar-refractivity contribution in [1.29, 1.82) is 0 Å². The number of nitrogens with one attached hydrogen (secondary N) is 2. The fourth-order valence-electron chi connectivity index (χ4n) is 4.99. The molecule has 0 aliphatic carbocycles. The zero-order chi connectivity index (χ0) is 27.8. The Bertz CT molecular complexity index is 1490. The molecule has 0 saturated carbocycles. The number of amides is 2. The van der Waals surface area contributed by atoms with Gasteiger partial charge >= 0.3 is 0 Å². The molecule has 2 amide bonds. The summed E-state index contributed by atoms with van der Waals surface area (Å²) in [5.41, 5.74) is 4.71. The van der Waals surface area contributed by atoms with Gasteiger partial charge in [-0.05, 0) is 62.9 Å². The largest absolute Gasteiger partial charge is 0.494 e. The first-order valence-corrected chi connectivity index (χ1v) is 14.5. The van der Waals surface area contributed by atoms with Gasteiger partial charge < -0.3 is 10.1 Å². The smallest absolute Gasteiger partial charge is 0.275 e. The highest BCUT2D eigenvalue weighted by atomic mass is 32.2. The Hall–Kier alpha value is -3.28. The van der Waals surface area contributed by atoms with Gasteiger partial charge in [0.25, 0.3) is 15.9 Å². The SMILES string of the molecule is CCOc1cccc2c1CN(Cc1c(C)cc(C)cc1C)C2(C)C(=O)NS(=O)(=O)c1cnc(NC(C)=O)s1. The molecular formula is C27H32N4O5S2. The van der Waals surface area contributed by atoms with E-state index in [1.165, 1.54) is 6.92 Å². The van der Waals surface area contributed by atoms with E-state index < -0.39 is 21.5 Å². The first-order valence-electron chi connectivity index (χ1n) is 12.2. The van der Waals surface area contributed by atoms with E-state index in [4.69, 9.17) is 4.74 Å². The van der Waals surface area contributed by atoms with Crippen LogP contribution < -0.4 is 14.8 Å². The summed E-state index contributed by atoms with van der Waals surface area (Å²) in [7, 11) is -4.24. The minimum absolute atomic E-state index is 0.135. The highest BCUT2D eigenvalue weighted by Crippen LogP contribution is 2.44. The van der Waals surface area contributed by atoms with Crippen LogP contribution in [-0.2, 0) is 38.2 Å². The molecule has 2 aromatic carbocycles. The van der Waals surface area contributed by atoms with Gasteiger partial charge in [-0.3, -0.25) is 14.5 Å². The van der Waals surface area contributed by atoms with Crippen molar-refractivity contribution in [2.24, 2.45) is 0 Å². The van der Waals surface area contributed by atoms with Crippen molar-refractivity contribution in [3.63, 3.8) is 0 Å². The van der Waals surface area contributed by atoms with Crippen LogP contribution >= 0.6 is 11.3 Å². The molecule has 0 saturated heterocycles. The summed E-state index contributed by atoms with van der Waals surface area (Å²) in [6.45, 7) is 12.4. The topological polar surface area (TPSA) is 118 Å². The Labute approximate surface area is 227 Å². The molecule has 1 aromatic heterocycles. The minimum Gasteiger partial charge on any atom is -0.494 e. The van der Waals surface area contributed by atoms with Gasteiger partial charge in [-0.25, -0.2) is 18.1 Å². The molecule has 1 aliphatic heterocycles. The van der Waals surface area contributed by atoms with Gasteiger partial charge in [-0.1, -0.05) is 41.2 Å². The van der Waals surface area contributed by atoms with E-state index in [2.05, 4.69) is 27.2 Å². The second-order valence-corrected chi connectivity index (χ2v) is 12.6. The van der Waals surface area contributed by atoms with Gasteiger partial charge in [0.1, 0.15) is 11.3 Å². The number of ether oxygens (including phenoxy) is 1. The maximum absolute atomic E-state index is 13.9. The van der Waals surface area contributed by atoms with Gasteiger partial charge in [-0.15, -0.1) is 0 Å². The van der Waals surface area contributed by atoms with Gasteiger partial charge in [0.05, 0.1) is 12.8 Å². The van der Waals surface area contributed by atoms with Crippen LogP contribution in [0.1, 0.15) is 54.2 Å². The summed E-state index contributed by atoms with van der Waals surface area (Å²) >= 11 is 0.776. The zero-order valence-electron chi connectivity index (χ0n) is 22.3. The van der Waals surface area contributed by atoms with Crippen molar-refractivity contribution in [1.82, 2.24) is 14.6 Å². The first kappa shape index (κ1) is 27.7. The predicted octanol–water partition coefficient (Wildman–Crippen LogP) is 4.16. The van der Waals surface area contributed by atoms with Crippen LogP contribution in [0.25, 0.3) is 0 Å². The molecule has 4 rings (SSSR count). The molecule has 2 heterocycles. The Balaban J connectivity index is 1.74. The lowest BCUT2D eigenvalue weighted by Gasteiger charge is -2.35. The minimum atomic E-state index is -4.24. The number of carbonyl (C=O) groups is 2. The van der Waals surface area contributed by atoms with Crippen LogP contribution in [0.15, 0.2) is 40.7 Å². The number of fused-ring (bicyclic) bond motifs is 1. The number of carbonyl (C=O) groups excluding carboxylic acids is 2. The lowest BCUT2D eigenvalue weighted by atomic mass is 9.89. The lowest BCUT2D eigenvalue weighted by Crippen LogP contribution is -2.52. The summed E-state index contributed by atoms with van der Waals surface area (Å²) in [5.74, 6) is -0.374. The van der Waals surface area contributed by atoms with Crippen molar-refractivity contribution < 1.29 is 22.7 Å². The molecule has 11 heteroatoms. The highest BCUT2D eigenvalue weighted by molar-refractivity contribution is 7.92. The summed E-state index contributed by atoms with van der Waals surface area (Å²) < 4.78 is 34.4. The molecule has 1 atom stereocenters. The van der Waals surface area contributed by atoms with Crippen LogP contribution in [0.2, 0.25) is 0 Å². The Morgan fingerprint density at radius 1 is 1.18 bits per heavy atom. The summed E-state index contributed by atoms with van der Waals surface area (Å²) in [5, 5.41) is 2.60. The average Bonchev–Trinajstić information content (AvgIpc) is 3.40. The number of aryl methyl sites for hydroxylation is 3. The van der Waals surface area contributed by atoms with Crippen LogP contribution in [0, 0.1) is 20.8 Å². The van der Waals surface area contributed by atoms with E-state index in [1.54, 1.807) is 6.92 Å². The Kier molecular flexibility index (Phi) is 7.64. The highest BCUT2D eigenvalue weighted by Gasteiger charge is 2.49. The second-order valence-electron chi connectivity index (χ2n) is 9.62. The van der Waals surface area contributed by atoms with E-state index in [-0.39, 0.29) is 15.2 Å². The average molecular weight is 557 g/mol. The van der Waals surface area contributed by atoms with E-state index in [0.717, 1.165) is 45.4 Å². The normalized spacial score (nSPS) is 17.2. The van der Waals surface area contributed by atoms with E-state index in [9.17, 15) is 18.0 Å². The Morgan fingerprint density at radius 3 is 2.50 bits per heavy atom. The molecule has 202 valence electrons. The number of anilines is 1. The number of aromatic nitrogens is 1. The van der Waals surface area contributed by atoms with Gasteiger partial charge in [0, 0.05) is 25.6 Å². The summed E-state index contributed by atoms with van der Waals surface area (Å²) in [6, 6.07) is 9.74. The van der Waals surface area contributed by atoms with E-state index >= 15 is 0 Å². The molecule has 0 fully saturated rings. The molecule has 0 bridgehead atoms. The van der Waals surface area contributed by atoms with Crippen LogP contribution in [0.4, 0.5) is 5.13 Å². The summed E-state index contributed by atoms with van der Waals surface area (Å²) in [6.07, 6.45) is 1.13. The number of nitrogens with zero attached hydrogens (tertiary/aromatic N) is 2. The lowest BCUT2D eigenvalue weighted by molar-refractivity contribution is -0.131. The molecule has 2 N–H and O–H groups in total. The number of thiazole rings is 1. The van der Waals surface area contributed by atoms with Gasteiger partial charge in [-0.2, -0.15) is 0 Å². The predicted molar refractivity (Wildman–Crippen MR) is 147 cm³/mol. The molecule has 0 radical (unpaired) electrons. The summed E-state index contributed by atoms with van der Waals surface area (Å²) in [4.78, 5) is 31.2. The van der Waals surface area contributed by atoms with E-state index in [0.29, 0.717) is 31.0 Å².